The van der Waals surface area contributed by atoms with E-state index in [1.165, 1.54) is 18.3 Å². The van der Waals surface area contributed by atoms with E-state index in [1.54, 1.807) is 24.3 Å². The van der Waals surface area contributed by atoms with Crippen molar-refractivity contribution in [1.29, 1.82) is 5.26 Å². The third kappa shape index (κ3) is 5.07. The Morgan fingerprint density at radius 2 is 1.88 bits per heavy atom. The predicted octanol–water partition coefficient (Wildman–Crippen LogP) is 3.35. The Bertz CT molecular complexity index is 1010. The van der Waals surface area contributed by atoms with Crippen molar-refractivity contribution >= 4 is 39.0 Å². The lowest BCUT2D eigenvalue weighted by Crippen LogP contribution is -2.14. The third-order valence-electron chi connectivity index (χ3n) is 3.34. The molecule has 0 aromatic heterocycles. The second-order valence-corrected chi connectivity index (χ2v) is 7.08. The van der Waals surface area contributed by atoms with E-state index in [-0.39, 0.29) is 16.2 Å². The van der Waals surface area contributed by atoms with Crippen LogP contribution in [0.1, 0.15) is 5.56 Å². The number of nitrogens with zero attached hydrogens (tertiary/aromatic N) is 1. The van der Waals surface area contributed by atoms with Crippen molar-refractivity contribution < 1.29 is 17.8 Å². The van der Waals surface area contributed by atoms with Crippen molar-refractivity contribution in [2.45, 2.75) is 11.8 Å². The minimum atomic E-state index is -4.31. The van der Waals surface area contributed by atoms with Crippen LogP contribution in [0.4, 0.5) is 11.4 Å². The largest absolute Gasteiger partial charge is 0.360 e. The number of carbonyl (C=O) groups is 1. The van der Waals surface area contributed by atoms with Crippen LogP contribution in [-0.2, 0) is 14.9 Å². The van der Waals surface area contributed by atoms with Crippen molar-refractivity contribution in [2.75, 3.05) is 10.6 Å². The van der Waals surface area contributed by atoms with Gasteiger partial charge in [-0.05, 0) is 55.0 Å². The molecular weight excluding hydrogens is 378 g/mol. The number of hydrogen-bond donors (Lipinski definition) is 3. The highest BCUT2D eigenvalue weighted by atomic mass is 35.5. The van der Waals surface area contributed by atoms with Gasteiger partial charge in [0.1, 0.15) is 11.6 Å². The van der Waals surface area contributed by atoms with Crippen molar-refractivity contribution in [3.63, 3.8) is 0 Å². The Kier molecular flexibility index (Phi) is 6.00. The Morgan fingerprint density at radius 1 is 1.23 bits per heavy atom. The number of amides is 1. The van der Waals surface area contributed by atoms with Gasteiger partial charge in [-0.2, -0.15) is 13.7 Å². The Labute approximate surface area is 155 Å². The SMILES string of the molecule is Cc1cc(Cl)ccc1N/C=C(/C#N)C(=O)Nc1ccc(S(=O)(=O)O)cc1. The highest BCUT2D eigenvalue weighted by Crippen LogP contribution is 2.20. The minimum absolute atomic E-state index is 0.182. The molecule has 0 radical (unpaired) electrons. The molecule has 9 heteroatoms. The van der Waals surface area contributed by atoms with Gasteiger partial charge in [0.05, 0.1) is 4.90 Å². The van der Waals surface area contributed by atoms with Crippen LogP contribution in [0.3, 0.4) is 0 Å². The topological polar surface area (TPSA) is 119 Å². The third-order valence-corrected chi connectivity index (χ3v) is 4.44. The zero-order chi connectivity index (χ0) is 19.3. The van der Waals surface area contributed by atoms with E-state index in [9.17, 15) is 13.2 Å². The van der Waals surface area contributed by atoms with Gasteiger partial charge in [-0.25, -0.2) is 0 Å². The van der Waals surface area contributed by atoms with E-state index in [2.05, 4.69) is 10.6 Å². The Balaban J connectivity index is 2.12. The molecule has 0 saturated heterocycles. The Hall–Kier alpha value is -2.86. The number of nitrogens with one attached hydrogen (secondary N) is 2. The van der Waals surface area contributed by atoms with Gasteiger partial charge in [0.25, 0.3) is 16.0 Å². The summed E-state index contributed by atoms with van der Waals surface area (Å²) in [5.41, 5.74) is 1.61. The number of halogens is 1. The standard InChI is InChI=1S/C17H14ClN3O4S/c1-11-8-13(18)2-7-16(11)20-10-12(9-19)17(22)21-14-3-5-15(6-4-14)26(23,24)25/h2-8,10,20H,1H3,(H,21,22)(H,23,24,25)/b12-10-. The monoisotopic (exact) mass is 391 g/mol. The van der Waals surface area contributed by atoms with Crippen LogP contribution in [0.2, 0.25) is 5.02 Å². The average Bonchev–Trinajstić information content (AvgIpc) is 2.56. The van der Waals surface area contributed by atoms with Crippen LogP contribution in [0.25, 0.3) is 0 Å². The zero-order valence-corrected chi connectivity index (χ0v) is 15.1. The van der Waals surface area contributed by atoms with Crippen LogP contribution in [0, 0.1) is 18.3 Å². The molecule has 0 atom stereocenters. The summed E-state index contributed by atoms with van der Waals surface area (Å²) < 4.78 is 30.9. The van der Waals surface area contributed by atoms with Crippen molar-refractivity contribution in [1.82, 2.24) is 0 Å². The molecule has 134 valence electrons. The molecule has 0 unspecified atom stereocenters. The highest BCUT2D eigenvalue weighted by Gasteiger charge is 2.12. The van der Waals surface area contributed by atoms with Crippen LogP contribution in [0.5, 0.6) is 0 Å². The summed E-state index contributed by atoms with van der Waals surface area (Å²) >= 11 is 5.87. The fourth-order valence-corrected chi connectivity index (χ4v) is 2.70. The first-order chi connectivity index (χ1) is 12.2. The highest BCUT2D eigenvalue weighted by molar-refractivity contribution is 7.85. The van der Waals surface area contributed by atoms with E-state index in [4.69, 9.17) is 21.4 Å². The molecule has 2 aromatic carbocycles. The first-order valence-corrected chi connectivity index (χ1v) is 9.04. The molecule has 0 aliphatic rings. The van der Waals surface area contributed by atoms with E-state index >= 15 is 0 Å². The van der Waals surface area contributed by atoms with Crippen molar-refractivity contribution in [3.05, 3.63) is 64.8 Å². The number of rotatable bonds is 5. The number of hydrogen-bond acceptors (Lipinski definition) is 5. The van der Waals surface area contributed by atoms with E-state index in [1.807, 2.05) is 6.92 Å². The van der Waals surface area contributed by atoms with E-state index in [0.29, 0.717) is 10.7 Å². The molecule has 0 fully saturated rings. The van der Waals surface area contributed by atoms with Gasteiger partial charge in [-0.3, -0.25) is 9.35 Å². The zero-order valence-electron chi connectivity index (χ0n) is 13.5. The molecular formula is C17H14ClN3O4S. The molecule has 0 spiro atoms. The van der Waals surface area contributed by atoms with Gasteiger partial charge in [0.15, 0.2) is 0 Å². The smallest absolute Gasteiger partial charge is 0.294 e. The normalized spacial score (nSPS) is 11.5. The molecule has 1 amide bonds. The second kappa shape index (κ2) is 8.01. The first kappa shape index (κ1) is 19.5. The van der Waals surface area contributed by atoms with Crippen LogP contribution in [0.15, 0.2) is 59.1 Å². The molecule has 0 aliphatic carbocycles. The maximum atomic E-state index is 12.2. The quantitative estimate of drug-likeness (QED) is 0.408. The summed E-state index contributed by atoms with van der Waals surface area (Å²) in [4.78, 5) is 11.9. The number of anilines is 2. The summed E-state index contributed by atoms with van der Waals surface area (Å²) in [7, 11) is -4.31. The lowest BCUT2D eigenvalue weighted by atomic mass is 10.2. The summed E-state index contributed by atoms with van der Waals surface area (Å²) in [6.45, 7) is 1.82. The number of aryl methyl sites for hydroxylation is 1. The molecule has 26 heavy (non-hydrogen) atoms. The van der Waals surface area contributed by atoms with Crippen LogP contribution < -0.4 is 10.6 Å². The lowest BCUT2D eigenvalue weighted by molar-refractivity contribution is -0.112. The summed E-state index contributed by atoms with van der Waals surface area (Å²) in [6.07, 6.45) is 1.26. The van der Waals surface area contributed by atoms with Gasteiger partial charge in [0, 0.05) is 22.6 Å². The maximum absolute atomic E-state index is 12.2. The molecule has 0 saturated carbocycles. The minimum Gasteiger partial charge on any atom is -0.360 e. The molecule has 0 aliphatic heterocycles. The van der Waals surface area contributed by atoms with Crippen LogP contribution >= 0.6 is 11.6 Å². The first-order valence-electron chi connectivity index (χ1n) is 7.22. The molecule has 2 aromatic rings. The molecule has 3 N–H and O–H groups in total. The maximum Gasteiger partial charge on any atom is 0.294 e. The second-order valence-electron chi connectivity index (χ2n) is 5.23. The molecule has 0 bridgehead atoms. The summed E-state index contributed by atoms with van der Waals surface area (Å²) in [5.74, 6) is -0.675. The molecule has 0 heterocycles. The number of nitriles is 1. The van der Waals surface area contributed by atoms with Crippen molar-refractivity contribution in [3.8, 4) is 6.07 Å². The average molecular weight is 392 g/mol. The van der Waals surface area contributed by atoms with E-state index in [0.717, 1.165) is 17.7 Å². The van der Waals surface area contributed by atoms with E-state index < -0.39 is 16.0 Å². The predicted molar refractivity (Wildman–Crippen MR) is 98.4 cm³/mol. The lowest BCUT2D eigenvalue weighted by Gasteiger charge is -2.08. The molecule has 7 nitrogen and oxygen atoms in total. The van der Waals surface area contributed by atoms with Gasteiger partial charge < -0.3 is 10.6 Å². The van der Waals surface area contributed by atoms with Crippen LogP contribution in [-0.4, -0.2) is 18.9 Å². The number of carbonyl (C=O) groups excluding carboxylic acids is 1. The summed E-state index contributed by atoms with van der Waals surface area (Å²) in [5, 5.41) is 15.1. The number of benzene rings is 2. The van der Waals surface area contributed by atoms with Gasteiger partial charge >= 0.3 is 0 Å². The fraction of sp³-hybridized carbons (Fsp3) is 0.0588. The summed E-state index contributed by atoms with van der Waals surface area (Å²) in [6, 6.07) is 11.8. The van der Waals surface area contributed by atoms with Gasteiger partial charge in [0.2, 0.25) is 0 Å². The Morgan fingerprint density at radius 3 is 2.42 bits per heavy atom. The van der Waals surface area contributed by atoms with Gasteiger partial charge in [-0.1, -0.05) is 11.6 Å². The van der Waals surface area contributed by atoms with Crippen molar-refractivity contribution in [2.24, 2.45) is 0 Å². The fourth-order valence-electron chi connectivity index (χ4n) is 2.00. The molecule has 2 rings (SSSR count). The van der Waals surface area contributed by atoms with Gasteiger partial charge in [-0.15, -0.1) is 0 Å².